The van der Waals surface area contributed by atoms with Crippen LogP contribution < -0.4 is 0 Å². The molecule has 0 radical (unpaired) electrons. The number of likely N-dealkylation sites (N-methyl/N-ethyl adjacent to an activating group) is 1. The zero-order valence-corrected chi connectivity index (χ0v) is 13.6. The molecule has 2 saturated heterocycles. The second-order valence-corrected chi connectivity index (χ2v) is 6.62. The van der Waals surface area contributed by atoms with Crippen LogP contribution in [0.2, 0.25) is 0 Å². The molecule has 5 heteroatoms. The van der Waals surface area contributed by atoms with Gasteiger partial charge in [-0.05, 0) is 29.3 Å². The minimum Gasteiger partial charge on any atom is -0.449 e. The second kappa shape index (κ2) is 5.82. The van der Waals surface area contributed by atoms with E-state index in [9.17, 15) is 9.59 Å². The number of likely N-dealkylation sites (tertiary alicyclic amines) is 1. The molecule has 2 aromatic rings. The van der Waals surface area contributed by atoms with E-state index in [0.29, 0.717) is 31.2 Å². The van der Waals surface area contributed by atoms with Crippen molar-refractivity contribution in [3.05, 3.63) is 48.0 Å². The third-order valence-electron chi connectivity index (χ3n) is 5.21. The van der Waals surface area contributed by atoms with E-state index in [0.717, 1.165) is 17.2 Å². The molecule has 0 aliphatic carbocycles. The third kappa shape index (κ3) is 2.50. The summed E-state index contributed by atoms with van der Waals surface area (Å²) in [6.45, 7) is 1.74. The van der Waals surface area contributed by atoms with Gasteiger partial charge in [0.2, 0.25) is 0 Å². The number of carbonyl (C=O) groups excluding carboxylic acids is 2. The molecule has 0 bridgehead atoms. The number of fused-ring (bicyclic) bond motifs is 2. The molecule has 2 atom stereocenters. The highest BCUT2D eigenvalue weighted by atomic mass is 16.6. The number of benzene rings is 2. The first-order valence-electron chi connectivity index (χ1n) is 8.31. The van der Waals surface area contributed by atoms with Crippen molar-refractivity contribution in [2.45, 2.75) is 12.5 Å². The van der Waals surface area contributed by atoms with E-state index in [1.807, 2.05) is 47.4 Å². The Hall–Kier alpha value is -2.56. The van der Waals surface area contributed by atoms with Crippen molar-refractivity contribution in [1.82, 2.24) is 9.80 Å². The predicted molar refractivity (Wildman–Crippen MR) is 90.9 cm³/mol. The van der Waals surface area contributed by atoms with E-state index < -0.39 is 0 Å². The highest BCUT2D eigenvalue weighted by molar-refractivity contribution is 5.98. The fraction of sp³-hybridized carbons (Fsp3) is 0.368. The van der Waals surface area contributed by atoms with Crippen molar-refractivity contribution in [3.8, 4) is 0 Å². The second-order valence-electron chi connectivity index (χ2n) is 6.62. The number of ether oxygens (including phenoxy) is 1. The molecular weight excluding hydrogens is 304 g/mol. The summed E-state index contributed by atoms with van der Waals surface area (Å²) in [4.78, 5) is 28.1. The van der Waals surface area contributed by atoms with E-state index in [1.54, 1.807) is 11.9 Å². The average Bonchev–Trinajstić information content (AvgIpc) is 2.63. The lowest BCUT2D eigenvalue weighted by molar-refractivity contribution is -0.0150. The predicted octanol–water partition coefficient (Wildman–Crippen LogP) is 2.75. The first-order chi connectivity index (χ1) is 11.6. The van der Waals surface area contributed by atoms with Crippen LogP contribution in [-0.4, -0.2) is 54.6 Å². The molecule has 0 saturated carbocycles. The zero-order valence-electron chi connectivity index (χ0n) is 13.6. The highest BCUT2D eigenvalue weighted by Crippen LogP contribution is 2.27. The Morgan fingerprint density at radius 1 is 1.17 bits per heavy atom. The smallest absolute Gasteiger partial charge is 0.409 e. The quantitative estimate of drug-likeness (QED) is 0.810. The van der Waals surface area contributed by atoms with Crippen LogP contribution in [0.25, 0.3) is 10.8 Å². The number of piperidine rings is 1. The molecule has 0 unspecified atom stereocenters. The van der Waals surface area contributed by atoms with E-state index in [4.69, 9.17) is 4.74 Å². The highest BCUT2D eigenvalue weighted by Gasteiger charge is 2.40. The van der Waals surface area contributed by atoms with Gasteiger partial charge in [-0.15, -0.1) is 0 Å². The van der Waals surface area contributed by atoms with Crippen molar-refractivity contribution in [2.75, 3.05) is 26.7 Å². The van der Waals surface area contributed by atoms with E-state index in [1.165, 1.54) is 0 Å². The van der Waals surface area contributed by atoms with Crippen molar-refractivity contribution in [3.63, 3.8) is 0 Å². The fourth-order valence-electron chi connectivity index (χ4n) is 3.72. The van der Waals surface area contributed by atoms with Crippen LogP contribution in [0.4, 0.5) is 4.79 Å². The monoisotopic (exact) mass is 324 g/mol. The molecule has 2 fully saturated rings. The van der Waals surface area contributed by atoms with E-state index in [2.05, 4.69) is 0 Å². The van der Waals surface area contributed by atoms with Crippen LogP contribution in [-0.2, 0) is 4.74 Å². The summed E-state index contributed by atoms with van der Waals surface area (Å²) in [5.41, 5.74) is 0.702. The molecule has 2 aromatic carbocycles. The van der Waals surface area contributed by atoms with Gasteiger partial charge in [0.15, 0.2) is 0 Å². The minimum atomic E-state index is -0.295. The standard InChI is InChI=1S/C19H20N2O3/c1-20-17-11-21(9-8-16(17)12-24-19(20)23)18(22)15-7-6-13-4-2-3-5-14(13)10-15/h2-7,10,16-17H,8-9,11-12H2,1H3/t16-,17+/m0/s1. The lowest BCUT2D eigenvalue weighted by atomic mass is 9.90. The van der Waals surface area contributed by atoms with Crippen LogP contribution in [0.5, 0.6) is 0 Å². The fourth-order valence-corrected chi connectivity index (χ4v) is 3.72. The largest absolute Gasteiger partial charge is 0.449 e. The summed E-state index contributed by atoms with van der Waals surface area (Å²) in [7, 11) is 1.75. The van der Waals surface area contributed by atoms with Crippen LogP contribution in [0.15, 0.2) is 42.5 Å². The molecule has 2 heterocycles. The Labute approximate surface area is 140 Å². The Morgan fingerprint density at radius 2 is 1.96 bits per heavy atom. The average molecular weight is 324 g/mol. The Bertz CT molecular complexity index is 804. The van der Waals surface area contributed by atoms with Gasteiger partial charge in [0.25, 0.3) is 5.91 Å². The van der Waals surface area contributed by atoms with Crippen molar-refractivity contribution < 1.29 is 14.3 Å². The van der Waals surface area contributed by atoms with Gasteiger partial charge in [0, 0.05) is 31.6 Å². The van der Waals surface area contributed by atoms with E-state index >= 15 is 0 Å². The minimum absolute atomic E-state index is 0.0338. The molecule has 4 rings (SSSR count). The summed E-state index contributed by atoms with van der Waals surface area (Å²) >= 11 is 0. The SMILES string of the molecule is CN1C(=O)OC[C@@H]2CCN(C(=O)c3ccc4ccccc4c3)C[C@H]21. The number of nitrogens with zero attached hydrogens (tertiary/aromatic N) is 2. The topological polar surface area (TPSA) is 49.9 Å². The van der Waals surface area contributed by atoms with E-state index in [-0.39, 0.29) is 18.0 Å². The molecule has 0 aromatic heterocycles. The third-order valence-corrected chi connectivity index (χ3v) is 5.21. The maximum atomic E-state index is 12.9. The summed E-state index contributed by atoms with van der Waals surface area (Å²) in [6, 6.07) is 13.9. The van der Waals surface area contributed by atoms with Crippen LogP contribution in [0.1, 0.15) is 16.8 Å². The number of hydrogen-bond donors (Lipinski definition) is 0. The molecule has 2 aliphatic heterocycles. The van der Waals surface area contributed by atoms with Gasteiger partial charge in [-0.3, -0.25) is 4.79 Å². The van der Waals surface area contributed by atoms with Crippen LogP contribution >= 0.6 is 0 Å². The first-order valence-corrected chi connectivity index (χ1v) is 8.31. The molecular formula is C19H20N2O3. The van der Waals surface area contributed by atoms with Gasteiger partial charge in [0.1, 0.15) is 0 Å². The molecule has 0 N–H and O–H groups in total. The molecule has 2 aliphatic rings. The van der Waals surface area contributed by atoms with Gasteiger partial charge in [-0.25, -0.2) is 4.79 Å². The summed E-state index contributed by atoms with van der Waals surface area (Å²) in [5, 5.41) is 2.19. The lowest BCUT2D eigenvalue weighted by Crippen LogP contribution is -2.58. The number of cyclic esters (lactones) is 1. The number of rotatable bonds is 1. The molecule has 5 nitrogen and oxygen atoms in total. The van der Waals surface area contributed by atoms with Gasteiger partial charge < -0.3 is 14.5 Å². The molecule has 0 spiro atoms. The molecule has 2 amide bonds. The zero-order chi connectivity index (χ0) is 16.7. The normalized spacial score (nSPS) is 23.8. The Morgan fingerprint density at radius 3 is 2.79 bits per heavy atom. The van der Waals surface area contributed by atoms with Gasteiger partial charge >= 0.3 is 6.09 Å². The summed E-state index contributed by atoms with van der Waals surface area (Å²) < 4.78 is 5.17. The Kier molecular flexibility index (Phi) is 3.63. The van der Waals surface area contributed by atoms with Gasteiger partial charge in [-0.1, -0.05) is 30.3 Å². The van der Waals surface area contributed by atoms with Crippen molar-refractivity contribution >= 4 is 22.8 Å². The molecule has 24 heavy (non-hydrogen) atoms. The number of amides is 2. The van der Waals surface area contributed by atoms with Crippen LogP contribution in [0.3, 0.4) is 0 Å². The van der Waals surface area contributed by atoms with Crippen LogP contribution in [0, 0.1) is 5.92 Å². The maximum absolute atomic E-state index is 12.9. The van der Waals surface area contributed by atoms with Gasteiger partial charge in [-0.2, -0.15) is 0 Å². The lowest BCUT2D eigenvalue weighted by Gasteiger charge is -2.45. The van der Waals surface area contributed by atoms with Crippen molar-refractivity contribution in [1.29, 1.82) is 0 Å². The molecule has 124 valence electrons. The summed E-state index contributed by atoms with van der Waals surface area (Å²) in [6.07, 6.45) is 0.568. The number of carbonyl (C=O) groups is 2. The van der Waals surface area contributed by atoms with Crippen molar-refractivity contribution in [2.24, 2.45) is 5.92 Å². The maximum Gasteiger partial charge on any atom is 0.409 e. The Balaban J connectivity index is 1.56. The number of hydrogen-bond acceptors (Lipinski definition) is 3. The van der Waals surface area contributed by atoms with Gasteiger partial charge in [0.05, 0.1) is 12.6 Å². The summed E-state index contributed by atoms with van der Waals surface area (Å²) in [5.74, 6) is 0.347. The first kappa shape index (κ1) is 15.0.